The number of piperidine rings is 1. The Morgan fingerprint density at radius 1 is 1.24 bits per heavy atom. The van der Waals surface area contributed by atoms with Gasteiger partial charge >= 0.3 is 6.18 Å². The second-order valence-corrected chi connectivity index (χ2v) is 8.00. The molecule has 0 saturated carbocycles. The van der Waals surface area contributed by atoms with E-state index < -0.39 is 22.1 Å². The molecular formula is C12H12BrClF3NO2S. The van der Waals surface area contributed by atoms with Crippen LogP contribution in [-0.4, -0.2) is 32.0 Å². The van der Waals surface area contributed by atoms with Crippen LogP contribution in [0.5, 0.6) is 0 Å². The summed E-state index contributed by atoms with van der Waals surface area (Å²) < 4.78 is 64.1. The average molecular weight is 407 g/mol. The predicted octanol–water partition coefficient (Wildman–Crippen LogP) is 4.07. The summed E-state index contributed by atoms with van der Waals surface area (Å²) in [6.07, 6.45) is -4.69. The fourth-order valence-corrected chi connectivity index (χ4v) is 4.35. The van der Waals surface area contributed by atoms with Gasteiger partial charge < -0.3 is 0 Å². The molecule has 1 aromatic carbocycles. The SMILES string of the molecule is O=S(=O)(c1ccc(Cl)c(Br)c1)N1CCC(C(F)(F)F)CC1. The molecule has 1 saturated heterocycles. The van der Waals surface area contributed by atoms with Crippen molar-refractivity contribution >= 4 is 37.6 Å². The van der Waals surface area contributed by atoms with Gasteiger partial charge in [-0.05, 0) is 47.0 Å². The average Bonchev–Trinajstić information content (AvgIpc) is 2.41. The predicted molar refractivity (Wildman–Crippen MR) is 76.7 cm³/mol. The minimum absolute atomic E-state index is 0.0178. The van der Waals surface area contributed by atoms with Crippen LogP contribution in [0.25, 0.3) is 0 Å². The van der Waals surface area contributed by atoms with E-state index in [0.717, 1.165) is 4.31 Å². The van der Waals surface area contributed by atoms with E-state index >= 15 is 0 Å². The van der Waals surface area contributed by atoms with Crippen LogP contribution in [0.2, 0.25) is 5.02 Å². The summed E-state index contributed by atoms with van der Waals surface area (Å²) in [5.74, 6) is -1.43. The summed E-state index contributed by atoms with van der Waals surface area (Å²) in [4.78, 5) is 0.0178. The maximum Gasteiger partial charge on any atom is 0.391 e. The summed E-state index contributed by atoms with van der Waals surface area (Å²) in [7, 11) is -3.79. The highest BCUT2D eigenvalue weighted by Gasteiger charge is 2.43. The fourth-order valence-electron chi connectivity index (χ4n) is 2.21. The first-order valence-electron chi connectivity index (χ1n) is 6.14. The minimum Gasteiger partial charge on any atom is -0.207 e. The number of sulfonamides is 1. The first-order chi connectivity index (χ1) is 9.62. The third-order valence-electron chi connectivity index (χ3n) is 3.45. The molecular weight excluding hydrogens is 395 g/mol. The van der Waals surface area contributed by atoms with E-state index in [4.69, 9.17) is 11.6 Å². The molecule has 0 amide bonds. The van der Waals surface area contributed by atoms with Gasteiger partial charge in [0.25, 0.3) is 0 Å². The maximum atomic E-state index is 12.6. The second kappa shape index (κ2) is 6.06. The molecule has 118 valence electrons. The third-order valence-corrected chi connectivity index (χ3v) is 6.55. The zero-order valence-corrected chi connectivity index (χ0v) is 13.9. The van der Waals surface area contributed by atoms with Crippen molar-refractivity contribution in [2.45, 2.75) is 23.9 Å². The number of benzene rings is 1. The number of hydrogen-bond donors (Lipinski definition) is 0. The normalized spacial score (nSPS) is 18.9. The first-order valence-corrected chi connectivity index (χ1v) is 8.75. The van der Waals surface area contributed by atoms with Crippen molar-refractivity contribution in [3.8, 4) is 0 Å². The molecule has 3 nitrogen and oxygen atoms in total. The van der Waals surface area contributed by atoms with Crippen molar-refractivity contribution < 1.29 is 21.6 Å². The molecule has 0 unspecified atom stereocenters. The highest BCUT2D eigenvalue weighted by molar-refractivity contribution is 9.10. The molecule has 0 spiro atoms. The summed E-state index contributed by atoms with van der Waals surface area (Å²) in [5.41, 5.74) is 0. The van der Waals surface area contributed by atoms with Gasteiger partial charge in [-0.25, -0.2) is 8.42 Å². The quantitative estimate of drug-likeness (QED) is 0.742. The molecule has 1 aliphatic rings. The molecule has 0 atom stereocenters. The Morgan fingerprint density at radius 2 is 1.81 bits per heavy atom. The standard InChI is InChI=1S/C12H12BrClF3NO2S/c13-10-7-9(1-2-11(10)14)21(19,20)18-5-3-8(4-6-18)12(15,16)17/h1-2,7-8H,3-6H2. The third kappa shape index (κ3) is 3.72. The van der Waals surface area contributed by atoms with Crippen molar-refractivity contribution in [2.24, 2.45) is 5.92 Å². The van der Waals surface area contributed by atoms with Gasteiger partial charge in [0.15, 0.2) is 0 Å². The van der Waals surface area contributed by atoms with E-state index in [1.54, 1.807) is 0 Å². The van der Waals surface area contributed by atoms with Gasteiger partial charge in [-0.3, -0.25) is 0 Å². The monoisotopic (exact) mass is 405 g/mol. The number of alkyl halides is 3. The van der Waals surface area contributed by atoms with Crippen molar-refractivity contribution in [3.63, 3.8) is 0 Å². The second-order valence-electron chi connectivity index (χ2n) is 4.80. The zero-order valence-electron chi connectivity index (χ0n) is 10.7. The van der Waals surface area contributed by atoms with Crippen molar-refractivity contribution in [3.05, 3.63) is 27.7 Å². The highest BCUT2D eigenvalue weighted by Crippen LogP contribution is 2.36. The molecule has 0 N–H and O–H groups in total. The summed E-state index contributed by atoms with van der Waals surface area (Å²) in [6, 6.07) is 4.13. The van der Waals surface area contributed by atoms with Crippen LogP contribution in [0.15, 0.2) is 27.6 Å². The molecule has 0 aliphatic carbocycles. The summed E-state index contributed by atoms with van der Waals surface area (Å²) >= 11 is 8.94. The van der Waals surface area contributed by atoms with Crippen LogP contribution < -0.4 is 0 Å². The van der Waals surface area contributed by atoms with Crippen LogP contribution in [0.3, 0.4) is 0 Å². The topological polar surface area (TPSA) is 37.4 Å². The lowest BCUT2D eigenvalue weighted by atomic mass is 9.98. The summed E-state index contributed by atoms with van der Waals surface area (Å²) in [5, 5.41) is 0.365. The number of rotatable bonds is 2. The van der Waals surface area contributed by atoms with Gasteiger partial charge in [0.2, 0.25) is 10.0 Å². The van der Waals surface area contributed by atoms with E-state index in [-0.39, 0.29) is 30.8 Å². The minimum atomic E-state index is -4.26. The fraction of sp³-hybridized carbons (Fsp3) is 0.500. The lowest BCUT2D eigenvalue weighted by Gasteiger charge is -2.32. The molecule has 1 heterocycles. The Hall–Kier alpha value is -0.310. The van der Waals surface area contributed by atoms with Crippen LogP contribution in [0, 0.1) is 5.92 Å². The van der Waals surface area contributed by atoms with Gasteiger partial charge in [0, 0.05) is 17.6 Å². The van der Waals surface area contributed by atoms with Gasteiger partial charge in [-0.2, -0.15) is 17.5 Å². The van der Waals surface area contributed by atoms with Crippen molar-refractivity contribution in [1.82, 2.24) is 4.31 Å². The van der Waals surface area contributed by atoms with Gasteiger partial charge in [-0.15, -0.1) is 0 Å². The van der Waals surface area contributed by atoms with Crippen LogP contribution in [-0.2, 0) is 10.0 Å². The molecule has 0 radical (unpaired) electrons. The van der Waals surface area contributed by atoms with E-state index in [1.807, 2.05) is 0 Å². The number of hydrogen-bond acceptors (Lipinski definition) is 2. The highest BCUT2D eigenvalue weighted by atomic mass is 79.9. The van der Waals surface area contributed by atoms with E-state index in [9.17, 15) is 21.6 Å². The van der Waals surface area contributed by atoms with Crippen molar-refractivity contribution in [2.75, 3.05) is 13.1 Å². The number of nitrogens with zero attached hydrogens (tertiary/aromatic N) is 1. The van der Waals surface area contributed by atoms with Crippen LogP contribution in [0.1, 0.15) is 12.8 Å². The Balaban J connectivity index is 2.17. The molecule has 21 heavy (non-hydrogen) atoms. The molecule has 0 bridgehead atoms. The van der Waals surface area contributed by atoms with Gasteiger partial charge in [-0.1, -0.05) is 11.6 Å². The summed E-state index contributed by atoms with van der Waals surface area (Å²) in [6.45, 7) is -0.264. The van der Waals surface area contributed by atoms with E-state index in [1.165, 1.54) is 18.2 Å². The van der Waals surface area contributed by atoms with E-state index in [0.29, 0.717) is 9.50 Å². The Labute approximate surface area is 134 Å². The van der Waals surface area contributed by atoms with Gasteiger partial charge in [0.05, 0.1) is 15.8 Å². The van der Waals surface area contributed by atoms with Crippen LogP contribution in [0.4, 0.5) is 13.2 Å². The molecule has 1 aliphatic heterocycles. The zero-order chi connectivity index (χ0) is 15.8. The smallest absolute Gasteiger partial charge is 0.207 e. The van der Waals surface area contributed by atoms with Crippen LogP contribution >= 0.6 is 27.5 Å². The Kier molecular flexibility index (Phi) is 4.92. The molecule has 0 aromatic heterocycles. The molecule has 9 heteroatoms. The first kappa shape index (κ1) is 17.1. The molecule has 2 rings (SSSR count). The van der Waals surface area contributed by atoms with Crippen molar-refractivity contribution in [1.29, 1.82) is 0 Å². The van der Waals surface area contributed by atoms with Gasteiger partial charge in [0.1, 0.15) is 0 Å². The largest absolute Gasteiger partial charge is 0.391 e. The van der Waals surface area contributed by atoms with E-state index in [2.05, 4.69) is 15.9 Å². The number of halogens is 5. The lowest BCUT2D eigenvalue weighted by Crippen LogP contribution is -2.42. The Bertz CT molecular complexity index is 628. The lowest BCUT2D eigenvalue weighted by molar-refractivity contribution is -0.182. The Morgan fingerprint density at radius 3 is 2.29 bits per heavy atom. The molecule has 1 fully saturated rings. The molecule has 1 aromatic rings. The maximum absolute atomic E-state index is 12.6.